The summed E-state index contributed by atoms with van der Waals surface area (Å²) in [5, 5.41) is 24.8. The number of amides is 3. The summed E-state index contributed by atoms with van der Waals surface area (Å²) in [7, 11) is 0. The first kappa shape index (κ1) is 30.5. The van der Waals surface area contributed by atoms with E-state index in [1.54, 1.807) is 0 Å². The van der Waals surface area contributed by atoms with Crippen LogP contribution in [0.1, 0.15) is 44.9 Å². The highest BCUT2D eigenvalue weighted by Gasteiger charge is 2.28. The van der Waals surface area contributed by atoms with Crippen LogP contribution in [0.15, 0.2) is 4.99 Å². The predicted octanol–water partition coefficient (Wildman–Crippen LogP) is -3.47. The zero-order chi connectivity index (χ0) is 26.1. The summed E-state index contributed by atoms with van der Waals surface area (Å²) in [6, 6.07) is -3.39. The number of carbonyl (C=O) groups excluding carboxylic acids is 3. The van der Waals surface area contributed by atoms with Crippen molar-refractivity contribution < 1.29 is 34.2 Å². The Labute approximate surface area is 197 Å². The normalized spacial score (nSPS) is 13.1. The molecule has 0 aliphatic carbocycles. The molecule has 0 aromatic heterocycles. The van der Waals surface area contributed by atoms with E-state index in [-0.39, 0.29) is 31.8 Å². The lowest BCUT2D eigenvalue weighted by Crippen LogP contribution is -2.56. The van der Waals surface area contributed by atoms with Gasteiger partial charge in [0.2, 0.25) is 17.7 Å². The minimum Gasteiger partial charge on any atom is -0.481 e. The van der Waals surface area contributed by atoms with Crippen LogP contribution >= 0.6 is 0 Å². The molecular formula is C19H36N8O7. The van der Waals surface area contributed by atoms with Crippen LogP contribution in [-0.2, 0) is 24.0 Å². The van der Waals surface area contributed by atoms with Crippen LogP contribution in [0.2, 0.25) is 0 Å². The number of carbonyl (C=O) groups is 5. The Morgan fingerprint density at radius 1 is 0.794 bits per heavy atom. The van der Waals surface area contributed by atoms with E-state index in [0.29, 0.717) is 25.8 Å². The number of nitrogens with two attached hydrogens (primary N) is 4. The number of carboxylic acids is 2. The van der Waals surface area contributed by atoms with Crippen LogP contribution in [0, 0.1) is 0 Å². The van der Waals surface area contributed by atoms with Crippen molar-refractivity contribution in [2.24, 2.45) is 27.9 Å². The average molecular weight is 489 g/mol. The molecule has 0 rings (SSSR count). The molecule has 194 valence electrons. The van der Waals surface area contributed by atoms with Gasteiger partial charge >= 0.3 is 11.9 Å². The van der Waals surface area contributed by atoms with Crippen molar-refractivity contribution in [3.05, 3.63) is 0 Å². The number of guanidine groups is 1. The summed E-state index contributed by atoms with van der Waals surface area (Å²) < 4.78 is 0. The molecule has 0 radical (unpaired) electrons. The molecule has 0 saturated carbocycles. The van der Waals surface area contributed by atoms with E-state index in [2.05, 4.69) is 20.9 Å². The molecule has 0 aliphatic heterocycles. The molecule has 0 fully saturated rings. The van der Waals surface area contributed by atoms with Crippen molar-refractivity contribution in [1.82, 2.24) is 16.0 Å². The second kappa shape index (κ2) is 17.1. The monoisotopic (exact) mass is 488 g/mol. The first-order valence-electron chi connectivity index (χ1n) is 10.8. The highest BCUT2D eigenvalue weighted by molar-refractivity contribution is 5.93. The van der Waals surface area contributed by atoms with Crippen molar-refractivity contribution in [3.63, 3.8) is 0 Å². The number of rotatable bonds is 18. The topological polar surface area (TPSA) is 278 Å². The van der Waals surface area contributed by atoms with Gasteiger partial charge in [0.15, 0.2) is 5.96 Å². The lowest BCUT2D eigenvalue weighted by atomic mass is 10.1. The van der Waals surface area contributed by atoms with Gasteiger partial charge in [0.05, 0.1) is 6.04 Å². The summed E-state index contributed by atoms with van der Waals surface area (Å²) in [6.07, 6.45) is 1.21. The molecular weight excluding hydrogens is 452 g/mol. The fraction of sp³-hybridized carbons (Fsp3) is 0.684. The van der Waals surface area contributed by atoms with Crippen molar-refractivity contribution in [1.29, 1.82) is 0 Å². The summed E-state index contributed by atoms with van der Waals surface area (Å²) in [4.78, 5) is 63.1. The van der Waals surface area contributed by atoms with Crippen LogP contribution in [0.3, 0.4) is 0 Å². The van der Waals surface area contributed by atoms with E-state index in [9.17, 15) is 24.0 Å². The zero-order valence-corrected chi connectivity index (χ0v) is 19.0. The fourth-order valence-electron chi connectivity index (χ4n) is 2.79. The highest BCUT2D eigenvalue weighted by atomic mass is 16.4. The molecule has 15 heteroatoms. The summed E-state index contributed by atoms with van der Waals surface area (Å²) in [5.41, 5.74) is 21.7. The smallest absolute Gasteiger partial charge is 0.322 e. The zero-order valence-electron chi connectivity index (χ0n) is 19.0. The van der Waals surface area contributed by atoms with Gasteiger partial charge in [-0.15, -0.1) is 0 Å². The summed E-state index contributed by atoms with van der Waals surface area (Å²) in [6.45, 7) is -0.0832. The average Bonchev–Trinajstić information content (AvgIpc) is 2.76. The highest BCUT2D eigenvalue weighted by Crippen LogP contribution is 2.05. The SMILES string of the molecule is NCCCCC(N)C(=O)NC(CCC(=O)O)C(=O)NC(CCCN=C(N)N)C(=O)NCC(=O)O. The molecule has 34 heavy (non-hydrogen) atoms. The molecule has 0 saturated heterocycles. The van der Waals surface area contributed by atoms with Crippen molar-refractivity contribution in [2.75, 3.05) is 19.6 Å². The quantitative estimate of drug-likeness (QED) is 0.0519. The Morgan fingerprint density at radius 2 is 1.41 bits per heavy atom. The van der Waals surface area contributed by atoms with Gasteiger partial charge in [0.25, 0.3) is 0 Å². The predicted molar refractivity (Wildman–Crippen MR) is 122 cm³/mol. The molecule has 0 aromatic rings. The van der Waals surface area contributed by atoms with Gasteiger partial charge in [-0.3, -0.25) is 29.0 Å². The van der Waals surface area contributed by atoms with Crippen LogP contribution in [0.5, 0.6) is 0 Å². The van der Waals surface area contributed by atoms with E-state index in [1.807, 2.05) is 0 Å². The van der Waals surface area contributed by atoms with Crippen LogP contribution in [0.25, 0.3) is 0 Å². The standard InChI is InChI=1S/C19H36N8O7/c20-8-2-1-4-11(21)16(32)26-13(6-7-14(28)29)18(34)27-12(5-3-9-24-19(22)23)17(33)25-10-15(30)31/h11-13H,1-10,20-21H2,(H,25,33)(H,26,32)(H,27,34)(H,28,29)(H,30,31)(H4,22,23,24). The van der Waals surface area contributed by atoms with Gasteiger partial charge in [-0.05, 0) is 38.6 Å². The largest absolute Gasteiger partial charge is 0.481 e. The van der Waals surface area contributed by atoms with E-state index in [0.717, 1.165) is 0 Å². The number of aliphatic imine (C=N–C) groups is 1. The van der Waals surface area contributed by atoms with E-state index < -0.39 is 60.8 Å². The summed E-state index contributed by atoms with van der Waals surface area (Å²) in [5.74, 6) is -4.87. The van der Waals surface area contributed by atoms with Gasteiger partial charge in [0, 0.05) is 13.0 Å². The molecule has 13 N–H and O–H groups in total. The maximum atomic E-state index is 12.8. The Bertz CT molecular complexity index is 727. The summed E-state index contributed by atoms with van der Waals surface area (Å²) >= 11 is 0. The number of unbranched alkanes of at least 4 members (excludes halogenated alkanes) is 1. The van der Waals surface area contributed by atoms with Gasteiger partial charge in [-0.25, -0.2) is 0 Å². The van der Waals surface area contributed by atoms with E-state index >= 15 is 0 Å². The van der Waals surface area contributed by atoms with E-state index in [4.69, 9.17) is 33.1 Å². The Balaban J connectivity index is 5.33. The Kier molecular flexibility index (Phi) is 15.3. The molecule has 3 unspecified atom stereocenters. The lowest BCUT2D eigenvalue weighted by molar-refractivity contribution is -0.138. The minimum atomic E-state index is -1.28. The van der Waals surface area contributed by atoms with Gasteiger partial charge < -0.3 is 49.1 Å². The number of aliphatic carboxylic acids is 2. The third-order valence-corrected chi connectivity index (χ3v) is 4.58. The first-order valence-corrected chi connectivity index (χ1v) is 10.8. The van der Waals surface area contributed by atoms with Gasteiger partial charge in [-0.1, -0.05) is 6.42 Å². The molecule has 0 spiro atoms. The van der Waals surface area contributed by atoms with Crippen molar-refractivity contribution >= 4 is 35.6 Å². The number of nitrogens with zero attached hydrogens (tertiary/aromatic N) is 1. The second-order valence-electron chi connectivity index (χ2n) is 7.51. The molecule has 0 aliphatic rings. The van der Waals surface area contributed by atoms with Crippen LogP contribution < -0.4 is 38.9 Å². The van der Waals surface area contributed by atoms with Gasteiger partial charge in [0.1, 0.15) is 18.6 Å². The minimum absolute atomic E-state index is 0.0478. The van der Waals surface area contributed by atoms with E-state index in [1.165, 1.54) is 0 Å². The number of hydrogen-bond donors (Lipinski definition) is 9. The molecule has 0 bridgehead atoms. The molecule has 0 heterocycles. The third kappa shape index (κ3) is 14.6. The Hall–Kier alpha value is -3.46. The Morgan fingerprint density at radius 3 is 1.97 bits per heavy atom. The number of carboxylic acid groups (broad SMARTS) is 2. The molecule has 3 atom stereocenters. The molecule has 3 amide bonds. The first-order chi connectivity index (χ1) is 16.0. The second-order valence-corrected chi connectivity index (χ2v) is 7.51. The van der Waals surface area contributed by atoms with Crippen LogP contribution in [0.4, 0.5) is 0 Å². The van der Waals surface area contributed by atoms with Gasteiger partial charge in [-0.2, -0.15) is 0 Å². The van der Waals surface area contributed by atoms with Crippen molar-refractivity contribution in [2.45, 2.75) is 63.1 Å². The third-order valence-electron chi connectivity index (χ3n) is 4.58. The maximum Gasteiger partial charge on any atom is 0.322 e. The molecule has 0 aromatic carbocycles. The van der Waals surface area contributed by atoms with Crippen LogP contribution in [-0.4, -0.2) is 83.6 Å². The molecule has 15 nitrogen and oxygen atoms in total. The fourth-order valence-corrected chi connectivity index (χ4v) is 2.79. The number of nitrogens with one attached hydrogen (secondary N) is 3. The maximum absolute atomic E-state index is 12.8. The lowest BCUT2D eigenvalue weighted by Gasteiger charge is -2.24. The van der Waals surface area contributed by atoms with Crippen molar-refractivity contribution in [3.8, 4) is 0 Å². The number of hydrogen-bond acceptors (Lipinski definition) is 8.